The SMILES string of the molecule is CNc1ccc([Si](C)(C)CCc2cc(C(C)(C)C)c(OC(C)=O)c(C(C)(C)C)c2)cc1. The van der Waals surface area contributed by atoms with Crippen LogP contribution in [-0.2, 0) is 22.0 Å². The Morgan fingerprint density at radius 1 is 0.935 bits per heavy atom. The molecular weight excluding hydrogens is 398 g/mol. The second-order valence-corrected chi connectivity index (χ2v) is 16.2. The second-order valence-electron chi connectivity index (χ2n) is 11.3. The number of nitrogens with one attached hydrogen (secondary N) is 1. The van der Waals surface area contributed by atoms with Gasteiger partial charge in [0.2, 0.25) is 0 Å². The molecule has 2 rings (SSSR count). The van der Waals surface area contributed by atoms with E-state index in [4.69, 9.17) is 4.74 Å². The number of esters is 1. The Balaban J connectivity index is 2.45. The van der Waals surface area contributed by atoms with Crippen molar-refractivity contribution in [2.75, 3.05) is 12.4 Å². The van der Waals surface area contributed by atoms with E-state index in [1.165, 1.54) is 23.7 Å². The zero-order valence-electron chi connectivity index (χ0n) is 21.2. The van der Waals surface area contributed by atoms with Gasteiger partial charge in [0, 0.05) is 30.8 Å². The van der Waals surface area contributed by atoms with Crippen LogP contribution in [0.2, 0.25) is 19.1 Å². The summed E-state index contributed by atoms with van der Waals surface area (Å²) < 4.78 is 5.78. The third kappa shape index (κ3) is 6.46. The van der Waals surface area contributed by atoms with Crippen molar-refractivity contribution >= 4 is 24.9 Å². The van der Waals surface area contributed by atoms with E-state index in [2.05, 4.69) is 96.4 Å². The first-order valence-corrected chi connectivity index (χ1v) is 14.5. The molecule has 2 aromatic rings. The summed E-state index contributed by atoms with van der Waals surface area (Å²) in [6, 6.07) is 14.6. The van der Waals surface area contributed by atoms with Crippen molar-refractivity contribution in [2.45, 2.75) is 84.9 Å². The van der Waals surface area contributed by atoms with Crippen molar-refractivity contribution in [3.63, 3.8) is 0 Å². The van der Waals surface area contributed by atoms with E-state index in [1.807, 2.05) is 7.05 Å². The fourth-order valence-electron chi connectivity index (χ4n) is 3.89. The molecule has 0 amide bonds. The molecule has 31 heavy (non-hydrogen) atoms. The van der Waals surface area contributed by atoms with Crippen molar-refractivity contribution in [1.29, 1.82) is 0 Å². The number of aryl methyl sites for hydroxylation is 1. The van der Waals surface area contributed by atoms with E-state index in [9.17, 15) is 4.79 Å². The number of rotatable bonds is 6. The Kier molecular flexibility index (Phi) is 7.47. The molecule has 0 heterocycles. The highest BCUT2D eigenvalue weighted by Gasteiger charge is 2.30. The van der Waals surface area contributed by atoms with Gasteiger partial charge < -0.3 is 10.1 Å². The first-order chi connectivity index (χ1) is 14.1. The predicted octanol–water partition coefficient (Wildman–Crippen LogP) is 6.41. The first kappa shape index (κ1) is 25.2. The van der Waals surface area contributed by atoms with E-state index in [0.29, 0.717) is 0 Å². The van der Waals surface area contributed by atoms with Crippen LogP contribution in [0.5, 0.6) is 5.75 Å². The molecule has 0 unspecified atom stereocenters. The van der Waals surface area contributed by atoms with Crippen LogP contribution in [0.25, 0.3) is 0 Å². The van der Waals surface area contributed by atoms with E-state index >= 15 is 0 Å². The molecule has 0 fully saturated rings. The molecule has 0 aliphatic heterocycles. The third-order valence-electron chi connectivity index (χ3n) is 6.00. The molecule has 170 valence electrons. The van der Waals surface area contributed by atoms with Crippen molar-refractivity contribution in [3.8, 4) is 5.75 Å². The van der Waals surface area contributed by atoms with Crippen molar-refractivity contribution in [2.24, 2.45) is 0 Å². The van der Waals surface area contributed by atoms with E-state index in [-0.39, 0.29) is 16.8 Å². The Morgan fingerprint density at radius 3 is 1.81 bits per heavy atom. The highest BCUT2D eigenvalue weighted by molar-refractivity contribution is 6.89. The van der Waals surface area contributed by atoms with Gasteiger partial charge in [-0.2, -0.15) is 0 Å². The van der Waals surface area contributed by atoms with Crippen molar-refractivity contribution < 1.29 is 9.53 Å². The quantitative estimate of drug-likeness (QED) is 0.321. The van der Waals surface area contributed by atoms with Gasteiger partial charge in [0.15, 0.2) is 0 Å². The minimum absolute atomic E-state index is 0.114. The lowest BCUT2D eigenvalue weighted by Crippen LogP contribution is -2.41. The van der Waals surface area contributed by atoms with E-state index in [0.717, 1.165) is 29.0 Å². The number of carbonyl (C=O) groups is 1. The zero-order valence-corrected chi connectivity index (χ0v) is 22.2. The lowest BCUT2D eigenvalue weighted by Gasteiger charge is -2.30. The van der Waals surface area contributed by atoms with Gasteiger partial charge in [-0.3, -0.25) is 4.79 Å². The highest BCUT2D eigenvalue weighted by atomic mass is 28.3. The van der Waals surface area contributed by atoms with Crippen LogP contribution in [0.3, 0.4) is 0 Å². The Labute approximate surface area is 190 Å². The molecule has 0 aliphatic carbocycles. The maximum atomic E-state index is 11.9. The highest BCUT2D eigenvalue weighted by Crippen LogP contribution is 2.41. The van der Waals surface area contributed by atoms with Crippen molar-refractivity contribution in [3.05, 3.63) is 53.1 Å². The van der Waals surface area contributed by atoms with Crippen LogP contribution in [0.15, 0.2) is 36.4 Å². The summed E-state index contributed by atoms with van der Waals surface area (Å²) in [5.74, 6) is 0.484. The Bertz CT molecular complexity index is 881. The van der Waals surface area contributed by atoms with Gasteiger partial charge in [-0.25, -0.2) is 0 Å². The molecule has 0 saturated carbocycles. The molecule has 2 aromatic carbocycles. The average molecular weight is 440 g/mol. The molecule has 0 aliphatic rings. The minimum atomic E-state index is -1.58. The van der Waals surface area contributed by atoms with E-state index in [1.54, 1.807) is 0 Å². The first-order valence-electron chi connectivity index (χ1n) is 11.3. The number of carbonyl (C=O) groups excluding carboxylic acids is 1. The number of hydrogen-bond donors (Lipinski definition) is 1. The summed E-state index contributed by atoms with van der Waals surface area (Å²) in [4.78, 5) is 11.9. The van der Waals surface area contributed by atoms with Crippen LogP contribution in [0.4, 0.5) is 5.69 Å². The molecule has 4 heteroatoms. The number of hydrogen-bond acceptors (Lipinski definition) is 3. The topological polar surface area (TPSA) is 38.3 Å². The normalized spacial score (nSPS) is 12.6. The van der Waals surface area contributed by atoms with Gasteiger partial charge in [-0.15, -0.1) is 0 Å². The van der Waals surface area contributed by atoms with Gasteiger partial charge in [0.25, 0.3) is 0 Å². The van der Waals surface area contributed by atoms with Crippen molar-refractivity contribution in [1.82, 2.24) is 0 Å². The standard InChI is InChI=1S/C27H41NO2Si/c1-19(29)30-25-23(26(2,3)4)17-20(18-24(25)27(5,6)7)15-16-31(9,10)22-13-11-21(28-8)12-14-22/h11-14,17-18,28H,15-16H2,1-10H3. The monoisotopic (exact) mass is 439 g/mol. The summed E-state index contributed by atoms with van der Waals surface area (Å²) in [7, 11) is 0.378. The summed E-state index contributed by atoms with van der Waals surface area (Å²) in [6.07, 6.45) is 1.03. The van der Waals surface area contributed by atoms with Gasteiger partial charge >= 0.3 is 5.97 Å². The van der Waals surface area contributed by atoms with Gasteiger partial charge in [-0.05, 0) is 41.0 Å². The van der Waals surface area contributed by atoms with Gasteiger partial charge in [0.05, 0.1) is 8.07 Å². The summed E-state index contributed by atoms with van der Waals surface area (Å²) in [6.45, 7) is 19.5. The van der Waals surface area contributed by atoms with Crippen LogP contribution >= 0.6 is 0 Å². The number of ether oxygens (including phenoxy) is 1. The second kappa shape index (κ2) is 9.19. The number of anilines is 1. The molecule has 0 saturated heterocycles. The van der Waals surface area contributed by atoms with Crippen LogP contribution in [-0.4, -0.2) is 21.1 Å². The number of benzene rings is 2. The fourth-order valence-corrected chi connectivity index (χ4v) is 6.16. The minimum Gasteiger partial charge on any atom is -0.426 e. The zero-order chi connectivity index (χ0) is 23.6. The third-order valence-corrected chi connectivity index (χ3v) is 9.40. The maximum Gasteiger partial charge on any atom is 0.308 e. The van der Waals surface area contributed by atoms with Crippen LogP contribution in [0, 0.1) is 0 Å². The summed E-state index contributed by atoms with van der Waals surface area (Å²) in [5, 5.41) is 4.68. The molecule has 0 spiro atoms. The summed E-state index contributed by atoms with van der Waals surface area (Å²) >= 11 is 0. The molecule has 0 aromatic heterocycles. The summed E-state index contributed by atoms with van der Waals surface area (Å²) in [5.41, 5.74) is 4.48. The smallest absolute Gasteiger partial charge is 0.308 e. The van der Waals surface area contributed by atoms with Gasteiger partial charge in [0.1, 0.15) is 5.75 Å². The molecule has 0 radical (unpaired) electrons. The lowest BCUT2D eigenvalue weighted by atomic mass is 9.78. The largest absolute Gasteiger partial charge is 0.426 e. The van der Waals surface area contributed by atoms with Gasteiger partial charge in [-0.1, -0.05) is 84.1 Å². The fraction of sp³-hybridized carbons (Fsp3) is 0.519. The average Bonchev–Trinajstić information content (AvgIpc) is 2.64. The molecule has 0 atom stereocenters. The Hall–Kier alpha value is -2.07. The Morgan fingerprint density at radius 2 is 1.42 bits per heavy atom. The lowest BCUT2D eigenvalue weighted by molar-refractivity contribution is -0.132. The van der Waals surface area contributed by atoms with E-state index < -0.39 is 8.07 Å². The van der Waals surface area contributed by atoms with Crippen LogP contribution < -0.4 is 15.2 Å². The molecular formula is C27H41NO2Si. The molecule has 3 nitrogen and oxygen atoms in total. The maximum absolute atomic E-state index is 11.9. The molecule has 1 N–H and O–H groups in total. The molecule has 0 bridgehead atoms. The van der Waals surface area contributed by atoms with Crippen LogP contribution in [0.1, 0.15) is 65.2 Å². The predicted molar refractivity (Wildman–Crippen MR) is 137 cm³/mol.